The second kappa shape index (κ2) is 5.92. The van der Waals surface area contributed by atoms with E-state index in [1.807, 2.05) is 6.07 Å². The van der Waals surface area contributed by atoms with E-state index in [-0.39, 0.29) is 11.4 Å². The van der Waals surface area contributed by atoms with Crippen LogP contribution in [0.15, 0.2) is 24.3 Å². The molecule has 20 heavy (non-hydrogen) atoms. The predicted octanol–water partition coefficient (Wildman–Crippen LogP) is 1.55. The second-order valence-electron chi connectivity index (χ2n) is 5.13. The zero-order chi connectivity index (χ0) is 14.6. The Labute approximate surface area is 119 Å². The van der Waals surface area contributed by atoms with Crippen LogP contribution in [0.4, 0.5) is 0 Å². The van der Waals surface area contributed by atoms with E-state index in [0.717, 1.165) is 19.3 Å². The number of nitriles is 1. The van der Waals surface area contributed by atoms with Crippen molar-refractivity contribution in [3.8, 4) is 6.07 Å². The van der Waals surface area contributed by atoms with Crippen LogP contribution in [0.5, 0.6) is 0 Å². The molecule has 108 valence electrons. The number of rotatable bonds is 6. The number of sulfonamides is 1. The molecule has 1 aromatic carbocycles. The summed E-state index contributed by atoms with van der Waals surface area (Å²) in [5, 5.41) is 8.70. The highest BCUT2D eigenvalue weighted by molar-refractivity contribution is 7.88. The quantitative estimate of drug-likeness (QED) is 0.863. The Hall–Kier alpha value is -1.42. The lowest BCUT2D eigenvalue weighted by Crippen LogP contribution is -2.49. The van der Waals surface area contributed by atoms with Crippen molar-refractivity contribution in [1.82, 2.24) is 4.72 Å². The van der Waals surface area contributed by atoms with Crippen LogP contribution in [0, 0.1) is 11.3 Å². The maximum Gasteiger partial charge on any atom is 0.215 e. The fourth-order valence-corrected chi connectivity index (χ4v) is 3.43. The second-order valence-corrected chi connectivity index (χ2v) is 6.94. The van der Waals surface area contributed by atoms with Gasteiger partial charge in [0.15, 0.2) is 0 Å². The molecule has 0 saturated heterocycles. The van der Waals surface area contributed by atoms with E-state index in [1.54, 1.807) is 31.4 Å². The van der Waals surface area contributed by atoms with Crippen molar-refractivity contribution in [2.24, 2.45) is 0 Å². The summed E-state index contributed by atoms with van der Waals surface area (Å²) in [5.41, 5.74) is 0.862. The van der Waals surface area contributed by atoms with E-state index in [4.69, 9.17) is 10.00 Å². The zero-order valence-electron chi connectivity index (χ0n) is 11.4. The van der Waals surface area contributed by atoms with Gasteiger partial charge in [-0.1, -0.05) is 12.1 Å². The Kier molecular flexibility index (Phi) is 4.43. The van der Waals surface area contributed by atoms with E-state index < -0.39 is 10.0 Å². The van der Waals surface area contributed by atoms with Gasteiger partial charge in [-0.15, -0.1) is 0 Å². The first kappa shape index (κ1) is 15.0. The van der Waals surface area contributed by atoms with Crippen LogP contribution in [-0.2, 0) is 20.5 Å². The molecule has 1 aliphatic rings. The molecule has 2 rings (SSSR count). The lowest BCUT2D eigenvalue weighted by atomic mass is 9.80. The molecule has 5 nitrogen and oxygen atoms in total. The van der Waals surface area contributed by atoms with Crippen molar-refractivity contribution >= 4 is 10.0 Å². The molecule has 1 fully saturated rings. The van der Waals surface area contributed by atoms with Crippen molar-refractivity contribution in [2.75, 3.05) is 13.7 Å². The average Bonchev–Trinajstić information content (AvgIpc) is 2.38. The molecule has 0 heterocycles. The fourth-order valence-electron chi connectivity index (χ4n) is 2.21. The summed E-state index contributed by atoms with van der Waals surface area (Å²) in [7, 11) is -1.77. The van der Waals surface area contributed by atoms with E-state index in [0.29, 0.717) is 17.7 Å². The van der Waals surface area contributed by atoms with Gasteiger partial charge in [-0.25, -0.2) is 13.1 Å². The first-order valence-electron chi connectivity index (χ1n) is 6.50. The lowest BCUT2D eigenvalue weighted by Gasteiger charge is -2.40. The van der Waals surface area contributed by atoms with Crippen molar-refractivity contribution in [3.63, 3.8) is 0 Å². The molecule has 1 aliphatic carbocycles. The third-order valence-corrected chi connectivity index (χ3v) is 5.05. The first-order valence-corrected chi connectivity index (χ1v) is 8.15. The van der Waals surface area contributed by atoms with Gasteiger partial charge in [0.05, 0.1) is 23.0 Å². The van der Waals surface area contributed by atoms with Crippen LogP contribution in [-0.4, -0.2) is 27.7 Å². The third kappa shape index (κ3) is 3.57. The predicted molar refractivity (Wildman–Crippen MR) is 75.4 cm³/mol. The van der Waals surface area contributed by atoms with Crippen LogP contribution in [0.25, 0.3) is 0 Å². The van der Waals surface area contributed by atoms with Gasteiger partial charge in [0.1, 0.15) is 0 Å². The number of methoxy groups -OCH3 is 1. The largest absolute Gasteiger partial charge is 0.377 e. The number of hydrogen-bond acceptors (Lipinski definition) is 4. The molecule has 0 radical (unpaired) electrons. The fraction of sp³-hybridized carbons (Fsp3) is 0.500. The van der Waals surface area contributed by atoms with Gasteiger partial charge < -0.3 is 4.74 Å². The number of ether oxygens (including phenoxy) is 1. The first-order chi connectivity index (χ1) is 9.49. The van der Waals surface area contributed by atoms with Crippen molar-refractivity contribution in [1.29, 1.82) is 5.26 Å². The summed E-state index contributed by atoms with van der Waals surface area (Å²) >= 11 is 0. The van der Waals surface area contributed by atoms with Crippen molar-refractivity contribution < 1.29 is 13.2 Å². The molecule has 1 N–H and O–H groups in total. The van der Waals surface area contributed by atoms with Gasteiger partial charge in [-0.05, 0) is 37.0 Å². The minimum atomic E-state index is -3.39. The maximum atomic E-state index is 12.0. The summed E-state index contributed by atoms with van der Waals surface area (Å²) in [6.45, 7) is 0.322. The molecular weight excluding hydrogens is 276 g/mol. The van der Waals surface area contributed by atoms with Crippen LogP contribution >= 0.6 is 0 Å². The van der Waals surface area contributed by atoms with Crippen molar-refractivity contribution in [2.45, 2.75) is 30.6 Å². The Morgan fingerprint density at radius 3 is 2.45 bits per heavy atom. The van der Waals surface area contributed by atoms with Gasteiger partial charge in [-0.3, -0.25) is 0 Å². The molecule has 6 heteroatoms. The number of nitrogens with one attached hydrogen (secondary N) is 1. The minimum Gasteiger partial charge on any atom is -0.377 e. The lowest BCUT2D eigenvalue weighted by molar-refractivity contribution is -0.0659. The summed E-state index contributed by atoms with van der Waals surface area (Å²) < 4.78 is 32.0. The van der Waals surface area contributed by atoms with E-state index in [2.05, 4.69) is 4.72 Å². The van der Waals surface area contributed by atoms with Gasteiger partial charge >= 0.3 is 0 Å². The molecule has 0 unspecified atom stereocenters. The summed E-state index contributed by atoms with van der Waals surface area (Å²) in [4.78, 5) is 0. The zero-order valence-corrected chi connectivity index (χ0v) is 12.2. The molecule has 0 amide bonds. The normalized spacial score (nSPS) is 17.2. The Balaban J connectivity index is 1.95. The number of hydrogen-bond donors (Lipinski definition) is 1. The SMILES string of the molecule is COC1(CNS(=O)(=O)Cc2ccc(C#N)cc2)CCC1. The van der Waals surface area contributed by atoms with E-state index >= 15 is 0 Å². The molecular formula is C14H18N2O3S. The highest BCUT2D eigenvalue weighted by atomic mass is 32.2. The van der Waals surface area contributed by atoms with Crippen LogP contribution in [0.2, 0.25) is 0 Å². The highest BCUT2D eigenvalue weighted by Crippen LogP contribution is 2.34. The van der Waals surface area contributed by atoms with Crippen LogP contribution < -0.4 is 4.72 Å². The summed E-state index contributed by atoms with van der Waals surface area (Å²) in [6, 6.07) is 8.56. The van der Waals surface area contributed by atoms with Gasteiger partial charge in [-0.2, -0.15) is 5.26 Å². The third-order valence-electron chi connectivity index (χ3n) is 3.75. The topological polar surface area (TPSA) is 79.2 Å². The maximum absolute atomic E-state index is 12.0. The van der Waals surface area contributed by atoms with Gasteiger partial charge in [0.25, 0.3) is 0 Å². The smallest absolute Gasteiger partial charge is 0.215 e. The Morgan fingerprint density at radius 1 is 1.35 bits per heavy atom. The summed E-state index contributed by atoms with van der Waals surface area (Å²) in [6.07, 6.45) is 2.86. The standard InChI is InChI=1S/C14H18N2O3S/c1-19-14(7-2-8-14)11-16-20(17,18)10-13-5-3-12(9-15)4-6-13/h3-6,16H,2,7-8,10-11H2,1H3. The van der Waals surface area contributed by atoms with Gasteiger partial charge in [0, 0.05) is 13.7 Å². The molecule has 0 atom stereocenters. The molecule has 0 bridgehead atoms. The summed E-state index contributed by atoms with van der Waals surface area (Å²) in [5.74, 6) is -0.0848. The van der Waals surface area contributed by atoms with E-state index in [1.165, 1.54) is 0 Å². The average molecular weight is 294 g/mol. The van der Waals surface area contributed by atoms with Crippen LogP contribution in [0.3, 0.4) is 0 Å². The molecule has 0 aliphatic heterocycles. The minimum absolute atomic E-state index is 0.0848. The Bertz CT molecular complexity index is 593. The monoisotopic (exact) mass is 294 g/mol. The molecule has 1 aromatic rings. The Morgan fingerprint density at radius 2 is 2.00 bits per heavy atom. The number of benzene rings is 1. The highest BCUT2D eigenvalue weighted by Gasteiger charge is 2.37. The van der Waals surface area contributed by atoms with E-state index in [9.17, 15) is 8.42 Å². The van der Waals surface area contributed by atoms with Crippen LogP contribution in [0.1, 0.15) is 30.4 Å². The number of nitrogens with zero attached hydrogens (tertiary/aromatic N) is 1. The molecule has 0 aromatic heterocycles. The molecule has 1 saturated carbocycles. The van der Waals surface area contributed by atoms with Gasteiger partial charge in [0.2, 0.25) is 10.0 Å². The van der Waals surface area contributed by atoms with Crippen molar-refractivity contribution in [3.05, 3.63) is 35.4 Å². The molecule has 0 spiro atoms.